The van der Waals surface area contributed by atoms with Gasteiger partial charge in [-0.2, -0.15) is 0 Å². The maximum absolute atomic E-state index is 12.9. The highest BCUT2D eigenvalue weighted by atomic mass is 16.5. The molecule has 2 saturated heterocycles. The lowest BCUT2D eigenvalue weighted by Crippen LogP contribution is -2.56. The summed E-state index contributed by atoms with van der Waals surface area (Å²) in [6.07, 6.45) is 1.62. The van der Waals surface area contributed by atoms with Crippen LogP contribution in [0.15, 0.2) is 78.9 Å². The molecular formula is C28H31N3O3. The molecule has 2 aliphatic rings. The highest BCUT2D eigenvalue weighted by Crippen LogP contribution is 2.37. The summed E-state index contributed by atoms with van der Waals surface area (Å²) in [6.45, 7) is 3.63. The third-order valence-electron chi connectivity index (χ3n) is 6.96. The molecule has 0 radical (unpaired) electrons. The number of anilines is 1. The van der Waals surface area contributed by atoms with E-state index in [0.717, 1.165) is 55.2 Å². The summed E-state index contributed by atoms with van der Waals surface area (Å²) in [5.41, 5.74) is 2.95. The van der Waals surface area contributed by atoms with Crippen LogP contribution in [0.2, 0.25) is 0 Å². The van der Waals surface area contributed by atoms with Gasteiger partial charge in [-0.3, -0.25) is 9.69 Å². The third kappa shape index (κ3) is 4.46. The van der Waals surface area contributed by atoms with E-state index in [-0.39, 0.29) is 5.91 Å². The molecule has 0 bridgehead atoms. The largest absolute Gasteiger partial charge is 0.493 e. The topological polar surface area (TPSA) is 54.0 Å². The zero-order chi connectivity index (χ0) is 23.4. The molecular weight excluding hydrogens is 426 g/mol. The van der Waals surface area contributed by atoms with Crippen molar-refractivity contribution in [3.8, 4) is 11.5 Å². The Hall–Kier alpha value is -3.51. The Morgan fingerprint density at radius 2 is 1.59 bits per heavy atom. The van der Waals surface area contributed by atoms with Crippen LogP contribution in [0.4, 0.5) is 5.69 Å². The van der Waals surface area contributed by atoms with E-state index >= 15 is 0 Å². The van der Waals surface area contributed by atoms with Crippen molar-refractivity contribution in [1.29, 1.82) is 0 Å². The number of rotatable bonds is 7. The fourth-order valence-electron chi connectivity index (χ4n) is 5.04. The van der Waals surface area contributed by atoms with Crippen molar-refractivity contribution in [2.45, 2.75) is 31.5 Å². The van der Waals surface area contributed by atoms with E-state index in [0.29, 0.717) is 13.3 Å². The normalized spacial score (nSPS) is 17.6. The molecule has 2 fully saturated rings. The summed E-state index contributed by atoms with van der Waals surface area (Å²) in [7, 11) is 1.68. The van der Waals surface area contributed by atoms with Crippen LogP contribution >= 0.6 is 0 Å². The fraction of sp³-hybridized carbons (Fsp3) is 0.321. The second kappa shape index (κ2) is 9.77. The highest BCUT2D eigenvalue weighted by Gasteiger charge is 2.50. The smallest absolute Gasteiger partial charge is 0.247 e. The van der Waals surface area contributed by atoms with Crippen LogP contribution in [-0.2, 0) is 17.9 Å². The zero-order valence-corrected chi connectivity index (χ0v) is 19.6. The van der Waals surface area contributed by atoms with Crippen molar-refractivity contribution >= 4 is 11.6 Å². The lowest BCUT2D eigenvalue weighted by molar-refractivity contribution is -0.125. The Morgan fingerprint density at radius 1 is 0.882 bits per heavy atom. The molecule has 1 amide bonds. The van der Waals surface area contributed by atoms with Gasteiger partial charge in [0.05, 0.1) is 13.8 Å². The van der Waals surface area contributed by atoms with Crippen molar-refractivity contribution in [3.05, 3.63) is 90.0 Å². The van der Waals surface area contributed by atoms with Gasteiger partial charge in [0.15, 0.2) is 11.5 Å². The van der Waals surface area contributed by atoms with Crippen LogP contribution in [0, 0.1) is 0 Å². The number of methoxy groups -OCH3 is 1. The third-order valence-corrected chi connectivity index (χ3v) is 6.96. The molecule has 0 atom stereocenters. The van der Waals surface area contributed by atoms with E-state index in [1.54, 1.807) is 7.11 Å². The number of carbonyl (C=O) groups excluding carboxylic acids is 1. The Kier molecular flexibility index (Phi) is 6.41. The van der Waals surface area contributed by atoms with Crippen LogP contribution in [0.5, 0.6) is 11.5 Å². The minimum absolute atomic E-state index is 0.151. The molecule has 3 aromatic carbocycles. The molecule has 6 heteroatoms. The van der Waals surface area contributed by atoms with Crippen LogP contribution in [0.3, 0.4) is 0 Å². The van der Waals surface area contributed by atoms with Crippen LogP contribution in [-0.4, -0.2) is 43.2 Å². The first-order chi connectivity index (χ1) is 16.7. The highest BCUT2D eigenvalue weighted by molar-refractivity contribution is 5.93. The molecule has 6 nitrogen and oxygen atoms in total. The number of piperidine rings is 1. The van der Waals surface area contributed by atoms with Gasteiger partial charge in [0.2, 0.25) is 5.91 Å². The Labute approximate surface area is 201 Å². The van der Waals surface area contributed by atoms with Crippen molar-refractivity contribution < 1.29 is 14.3 Å². The van der Waals surface area contributed by atoms with Gasteiger partial charge >= 0.3 is 0 Å². The summed E-state index contributed by atoms with van der Waals surface area (Å²) < 4.78 is 11.6. The Bertz CT molecular complexity index is 1110. The van der Waals surface area contributed by atoms with Crippen molar-refractivity contribution in [3.63, 3.8) is 0 Å². The molecule has 34 heavy (non-hydrogen) atoms. The van der Waals surface area contributed by atoms with Crippen molar-refractivity contribution in [1.82, 2.24) is 10.2 Å². The molecule has 2 aliphatic heterocycles. The number of benzene rings is 3. The number of amides is 1. The Balaban J connectivity index is 1.22. The fourth-order valence-corrected chi connectivity index (χ4v) is 5.04. The van der Waals surface area contributed by atoms with Crippen LogP contribution in [0.1, 0.15) is 24.0 Å². The molecule has 1 spiro atoms. The Morgan fingerprint density at radius 3 is 2.29 bits per heavy atom. The van der Waals surface area contributed by atoms with Crippen LogP contribution in [0.25, 0.3) is 0 Å². The van der Waals surface area contributed by atoms with E-state index in [9.17, 15) is 4.79 Å². The number of hydrogen-bond acceptors (Lipinski definition) is 5. The van der Waals surface area contributed by atoms with Gasteiger partial charge in [0.25, 0.3) is 0 Å². The van der Waals surface area contributed by atoms with Gasteiger partial charge in [0, 0.05) is 25.3 Å². The number of nitrogens with one attached hydrogen (secondary N) is 1. The number of ether oxygens (including phenoxy) is 2. The number of hydrogen-bond donors (Lipinski definition) is 1. The predicted molar refractivity (Wildman–Crippen MR) is 133 cm³/mol. The molecule has 2 heterocycles. The minimum atomic E-state index is -0.454. The standard InChI is InChI=1S/C28H31N3O3/c1-33-26-18-23(12-13-25(26)34-20-22-8-4-2-5-9-22)19-30-16-14-28(15-17-30)27(32)29-21-31(28)24-10-6-3-7-11-24/h2-13,18H,14-17,19-21H2,1H3,(H,29,32). The van der Waals surface area contributed by atoms with Gasteiger partial charge in [0.1, 0.15) is 12.1 Å². The average Bonchev–Trinajstić information content (AvgIpc) is 3.20. The van der Waals surface area contributed by atoms with Gasteiger partial charge < -0.3 is 19.7 Å². The summed E-state index contributed by atoms with van der Waals surface area (Å²) in [5, 5.41) is 3.08. The van der Waals surface area contributed by atoms with E-state index in [4.69, 9.17) is 9.47 Å². The van der Waals surface area contributed by atoms with E-state index < -0.39 is 5.54 Å². The summed E-state index contributed by atoms with van der Waals surface area (Å²) in [6, 6.07) is 26.5. The van der Waals surface area contributed by atoms with Crippen LogP contribution < -0.4 is 19.7 Å². The van der Waals surface area contributed by atoms with Gasteiger partial charge in [-0.05, 0) is 48.2 Å². The molecule has 0 unspecified atom stereocenters. The summed E-state index contributed by atoms with van der Waals surface area (Å²) in [4.78, 5) is 17.5. The number of carbonyl (C=O) groups is 1. The average molecular weight is 458 g/mol. The zero-order valence-electron chi connectivity index (χ0n) is 19.6. The summed E-state index contributed by atoms with van der Waals surface area (Å²) in [5.74, 6) is 1.64. The first-order valence-corrected chi connectivity index (χ1v) is 11.8. The van der Waals surface area contributed by atoms with E-state index in [1.807, 2.05) is 54.6 Å². The number of nitrogens with zero attached hydrogens (tertiary/aromatic N) is 2. The molecule has 1 N–H and O–H groups in total. The molecule has 0 saturated carbocycles. The van der Waals surface area contributed by atoms with E-state index in [1.165, 1.54) is 5.56 Å². The summed E-state index contributed by atoms with van der Waals surface area (Å²) >= 11 is 0. The second-order valence-corrected chi connectivity index (χ2v) is 8.99. The quantitative estimate of drug-likeness (QED) is 0.576. The van der Waals surface area contributed by atoms with E-state index in [2.05, 4.69) is 39.4 Å². The monoisotopic (exact) mass is 457 g/mol. The predicted octanol–water partition coefficient (Wildman–Crippen LogP) is 4.20. The first kappa shape index (κ1) is 22.3. The van der Waals surface area contributed by atoms with Gasteiger partial charge in [-0.15, -0.1) is 0 Å². The lowest BCUT2D eigenvalue weighted by atomic mass is 9.85. The number of para-hydroxylation sites is 1. The molecule has 0 aliphatic carbocycles. The maximum atomic E-state index is 12.9. The van der Waals surface area contributed by atoms with Gasteiger partial charge in [-0.25, -0.2) is 0 Å². The second-order valence-electron chi connectivity index (χ2n) is 8.99. The molecule has 176 valence electrons. The van der Waals surface area contributed by atoms with Gasteiger partial charge in [-0.1, -0.05) is 54.6 Å². The maximum Gasteiger partial charge on any atom is 0.247 e. The first-order valence-electron chi connectivity index (χ1n) is 11.8. The van der Waals surface area contributed by atoms with Crippen molar-refractivity contribution in [2.75, 3.05) is 31.8 Å². The molecule has 5 rings (SSSR count). The lowest BCUT2D eigenvalue weighted by Gasteiger charge is -2.43. The minimum Gasteiger partial charge on any atom is -0.493 e. The van der Waals surface area contributed by atoms with Crippen molar-refractivity contribution in [2.24, 2.45) is 0 Å². The number of likely N-dealkylation sites (tertiary alicyclic amines) is 1. The SMILES string of the molecule is COc1cc(CN2CCC3(CC2)C(=O)NCN3c2ccccc2)ccc1OCc1ccccc1. The molecule has 3 aromatic rings. The molecule has 0 aromatic heterocycles.